The molecule has 1 unspecified atom stereocenters. The lowest BCUT2D eigenvalue weighted by atomic mass is 9.83. The molecule has 6 rings (SSSR count). The number of carbonyl (C=O) groups is 1. The van der Waals surface area contributed by atoms with Gasteiger partial charge in [-0.25, -0.2) is 4.79 Å². The summed E-state index contributed by atoms with van der Waals surface area (Å²) in [7, 11) is 1.54. The van der Waals surface area contributed by atoms with Crippen molar-refractivity contribution in [1.82, 2.24) is 0 Å². The van der Waals surface area contributed by atoms with Crippen LogP contribution in [0.3, 0.4) is 0 Å². The molecule has 0 spiro atoms. The zero-order chi connectivity index (χ0) is 30.1. The molecule has 0 amide bonds. The molecular weight excluding hydrogens is 568 g/mol. The normalized spacial score (nSPS) is 14.0. The lowest BCUT2D eigenvalue weighted by molar-refractivity contribution is 0.0702. The van der Waals surface area contributed by atoms with E-state index in [0.29, 0.717) is 39.0 Å². The number of hydrogen-bond donors (Lipinski definition) is 1. The average molecular weight is 593 g/mol. The minimum atomic E-state index is -0.639. The highest BCUT2D eigenvalue weighted by atomic mass is 35.5. The summed E-state index contributed by atoms with van der Waals surface area (Å²) in [6.45, 7) is 2.06. The fourth-order valence-corrected chi connectivity index (χ4v) is 5.31. The number of rotatable bonds is 7. The number of carbonyl (C=O) groups excluding carboxylic acids is 1. The van der Waals surface area contributed by atoms with Gasteiger partial charge >= 0.3 is 5.97 Å². The highest BCUT2D eigenvalue weighted by molar-refractivity contribution is 6.31. The minimum Gasteiger partial charge on any atom is -0.493 e. The van der Waals surface area contributed by atoms with Crippen molar-refractivity contribution in [3.63, 3.8) is 0 Å². The molecule has 0 radical (unpaired) electrons. The summed E-state index contributed by atoms with van der Waals surface area (Å²) in [6.07, 6.45) is 0. The van der Waals surface area contributed by atoms with Gasteiger partial charge in [-0.2, -0.15) is 5.26 Å². The molecule has 0 saturated carbocycles. The van der Waals surface area contributed by atoms with Gasteiger partial charge in [0.05, 0.1) is 13.0 Å². The summed E-state index contributed by atoms with van der Waals surface area (Å²) >= 11 is 6.28. The standard InChI is InChI=1S/C34H25ClN2O6/c1-19-23-8-4-6-10-27(23)42-32(19)34(38)41-22-12-13-24-29(16-22)43-33(37)25(17-36)31(24)20-11-14-28(30(15-20)39-2)40-18-21-7-3-5-9-26(21)35/h3-16,31H,18,37H2,1-2H3. The number of ether oxygens (including phenoxy) is 4. The van der Waals surface area contributed by atoms with Crippen LogP contribution in [0.15, 0.2) is 101 Å². The summed E-state index contributed by atoms with van der Waals surface area (Å²) in [5.74, 6) is 0.435. The number of para-hydroxylation sites is 1. The predicted octanol–water partition coefficient (Wildman–Crippen LogP) is 7.42. The topological polar surface area (TPSA) is 117 Å². The number of fused-ring (bicyclic) bond motifs is 2. The number of hydrogen-bond acceptors (Lipinski definition) is 8. The van der Waals surface area contributed by atoms with Gasteiger partial charge in [0.2, 0.25) is 11.6 Å². The third-order valence-electron chi connectivity index (χ3n) is 7.29. The molecule has 0 aliphatic carbocycles. The molecule has 5 aromatic rings. The maximum absolute atomic E-state index is 13.0. The van der Waals surface area contributed by atoms with Gasteiger partial charge in [-0.3, -0.25) is 0 Å². The van der Waals surface area contributed by atoms with E-state index in [-0.39, 0.29) is 29.6 Å². The van der Waals surface area contributed by atoms with Gasteiger partial charge in [-0.05, 0) is 42.8 Å². The average Bonchev–Trinajstić information content (AvgIpc) is 3.36. The Hall–Kier alpha value is -5.39. The van der Waals surface area contributed by atoms with Crippen molar-refractivity contribution in [3.8, 4) is 29.1 Å². The van der Waals surface area contributed by atoms with E-state index in [2.05, 4.69) is 6.07 Å². The molecule has 0 saturated heterocycles. The third-order valence-corrected chi connectivity index (χ3v) is 7.66. The van der Waals surface area contributed by atoms with Crippen molar-refractivity contribution in [2.24, 2.45) is 5.73 Å². The van der Waals surface area contributed by atoms with Gasteiger partial charge in [-0.15, -0.1) is 0 Å². The van der Waals surface area contributed by atoms with E-state index in [9.17, 15) is 10.1 Å². The first-order valence-electron chi connectivity index (χ1n) is 13.3. The quantitative estimate of drug-likeness (QED) is 0.153. The zero-order valence-electron chi connectivity index (χ0n) is 23.2. The van der Waals surface area contributed by atoms with Gasteiger partial charge < -0.3 is 29.1 Å². The molecule has 8 nitrogen and oxygen atoms in total. The lowest BCUT2D eigenvalue weighted by Crippen LogP contribution is -2.21. The van der Waals surface area contributed by atoms with E-state index in [4.69, 9.17) is 40.7 Å². The highest BCUT2D eigenvalue weighted by Crippen LogP contribution is 2.45. The Bertz CT molecular complexity index is 1950. The number of allylic oxidation sites excluding steroid dienone is 1. The van der Waals surface area contributed by atoms with Crippen LogP contribution in [0.5, 0.6) is 23.0 Å². The second kappa shape index (κ2) is 11.5. The molecular formula is C34H25ClN2O6. The Balaban J connectivity index is 1.29. The highest BCUT2D eigenvalue weighted by Gasteiger charge is 2.32. The Kier molecular flexibility index (Phi) is 7.41. The fourth-order valence-electron chi connectivity index (χ4n) is 5.12. The number of esters is 1. The van der Waals surface area contributed by atoms with Gasteiger partial charge in [0, 0.05) is 33.2 Å². The van der Waals surface area contributed by atoms with E-state index in [0.717, 1.165) is 16.5 Å². The van der Waals surface area contributed by atoms with Crippen LogP contribution in [-0.4, -0.2) is 13.1 Å². The van der Waals surface area contributed by atoms with Crippen molar-refractivity contribution >= 4 is 28.5 Å². The number of nitrogens with two attached hydrogens (primary N) is 1. The van der Waals surface area contributed by atoms with Crippen molar-refractivity contribution in [1.29, 1.82) is 5.26 Å². The summed E-state index contributed by atoms with van der Waals surface area (Å²) in [5.41, 5.74) is 9.96. The molecule has 43 heavy (non-hydrogen) atoms. The molecule has 1 aliphatic heterocycles. The van der Waals surface area contributed by atoms with Crippen LogP contribution < -0.4 is 24.7 Å². The van der Waals surface area contributed by atoms with Crippen molar-refractivity contribution in [2.45, 2.75) is 19.4 Å². The summed E-state index contributed by atoms with van der Waals surface area (Å²) in [6, 6.07) is 27.4. The van der Waals surface area contributed by atoms with E-state index in [1.807, 2.05) is 42.5 Å². The summed E-state index contributed by atoms with van der Waals surface area (Å²) in [5, 5.41) is 11.4. The number of aryl methyl sites for hydroxylation is 1. The zero-order valence-corrected chi connectivity index (χ0v) is 24.0. The van der Waals surface area contributed by atoms with Crippen molar-refractivity contribution in [3.05, 3.63) is 129 Å². The van der Waals surface area contributed by atoms with Gasteiger partial charge in [0.1, 0.15) is 35.3 Å². The van der Waals surface area contributed by atoms with Gasteiger partial charge in [0.25, 0.3) is 0 Å². The van der Waals surface area contributed by atoms with Gasteiger partial charge in [0.15, 0.2) is 11.5 Å². The first kappa shape index (κ1) is 27.8. The molecule has 1 atom stereocenters. The smallest absolute Gasteiger partial charge is 0.379 e. The maximum atomic E-state index is 13.0. The molecule has 0 fully saturated rings. The van der Waals surface area contributed by atoms with Crippen LogP contribution in [0.25, 0.3) is 11.0 Å². The number of nitriles is 1. The molecule has 2 N–H and O–H groups in total. The van der Waals surface area contributed by atoms with Crippen LogP contribution in [0.2, 0.25) is 5.02 Å². The first-order chi connectivity index (χ1) is 20.9. The number of halogens is 1. The van der Waals surface area contributed by atoms with Crippen molar-refractivity contribution < 1.29 is 28.2 Å². The van der Waals surface area contributed by atoms with Crippen LogP contribution in [-0.2, 0) is 6.61 Å². The number of methoxy groups -OCH3 is 1. The van der Waals surface area contributed by atoms with Crippen LogP contribution in [0, 0.1) is 18.3 Å². The fraction of sp³-hybridized carbons (Fsp3) is 0.118. The second-order valence-electron chi connectivity index (χ2n) is 9.86. The number of benzene rings is 4. The van der Waals surface area contributed by atoms with Crippen molar-refractivity contribution in [2.75, 3.05) is 7.11 Å². The molecule has 214 valence electrons. The summed E-state index contributed by atoms with van der Waals surface area (Å²) < 4.78 is 28.9. The van der Waals surface area contributed by atoms with E-state index >= 15 is 0 Å². The molecule has 4 aromatic carbocycles. The molecule has 0 bridgehead atoms. The SMILES string of the molecule is COc1cc(C2C(C#N)=C(N)Oc3cc(OC(=O)c4oc5ccccc5c4C)ccc32)ccc1OCc1ccccc1Cl. The Morgan fingerprint density at radius 1 is 1.02 bits per heavy atom. The lowest BCUT2D eigenvalue weighted by Gasteiger charge is -2.27. The number of nitrogens with zero attached hydrogens (tertiary/aromatic N) is 1. The van der Waals surface area contributed by atoms with Gasteiger partial charge in [-0.1, -0.05) is 60.1 Å². The van der Waals surface area contributed by atoms with E-state index < -0.39 is 11.9 Å². The Morgan fingerprint density at radius 3 is 2.58 bits per heavy atom. The third kappa shape index (κ3) is 5.23. The summed E-state index contributed by atoms with van der Waals surface area (Å²) in [4.78, 5) is 13.0. The molecule has 1 aliphatic rings. The van der Waals surface area contributed by atoms with Crippen LogP contribution in [0.1, 0.15) is 38.7 Å². The van der Waals surface area contributed by atoms with Crippen LogP contribution in [0.4, 0.5) is 0 Å². The molecule has 1 aromatic heterocycles. The Labute approximate surface area is 252 Å². The van der Waals surface area contributed by atoms with Crippen LogP contribution >= 0.6 is 11.6 Å². The number of furan rings is 1. The Morgan fingerprint density at radius 2 is 1.81 bits per heavy atom. The largest absolute Gasteiger partial charge is 0.493 e. The van der Waals surface area contributed by atoms with E-state index in [1.54, 1.807) is 56.5 Å². The second-order valence-corrected chi connectivity index (χ2v) is 10.3. The predicted molar refractivity (Wildman–Crippen MR) is 160 cm³/mol. The monoisotopic (exact) mass is 592 g/mol. The minimum absolute atomic E-state index is 0.0467. The molecule has 2 heterocycles. The molecule has 9 heteroatoms. The maximum Gasteiger partial charge on any atom is 0.379 e. The van der Waals surface area contributed by atoms with E-state index in [1.165, 1.54) is 0 Å². The first-order valence-corrected chi connectivity index (χ1v) is 13.7.